The third-order valence-electron chi connectivity index (χ3n) is 9.40. The molecule has 4 rings (SSSR count). The van der Waals surface area contributed by atoms with Crippen molar-refractivity contribution in [3.8, 4) is 0 Å². The van der Waals surface area contributed by atoms with Crippen molar-refractivity contribution >= 4 is 0 Å². The Morgan fingerprint density at radius 2 is 1.41 bits per heavy atom. The van der Waals surface area contributed by atoms with Crippen molar-refractivity contribution in [3.05, 3.63) is 0 Å². The molecule has 29 heavy (non-hydrogen) atoms. The molecule has 2 aliphatic heterocycles. The summed E-state index contributed by atoms with van der Waals surface area (Å²) in [6, 6.07) is 3.06. The zero-order valence-electron chi connectivity index (χ0n) is 20.6. The maximum atomic E-state index is 4.09. The second-order valence-electron chi connectivity index (χ2n) is 13.8. The molecule has 2 N–H and O–H groups in total. The van der Waals surface area contributed by atoms with Crippen molar-refractivity contribution in [2.24, 2.45) is 40.4 Å². The first-order valence-electron chi connectivity index (χ1n) is 13.0. The fourth-order valence-corrected chi connectivity index (χ4v) is 8.30. The minimum Gasteiger partial charge on any atom is -0.311 e. The van der Waals surface area contributed by atoms with Crippen LogP contribution in [-0.2, 0) is 0 Å². The van der Waals surface area contributed by atoms with Gasteiger partial charge in [0.1, 0.15) is 0 Å². The lowest BCUT2D eigenvalue weighted by atomic mass is 9.73. The summed E-state index contributed by atoms with van der Waals surface area (Å²) in [5.41, 5.74) is 0.906. The van der Waals surface area contributed by atoms with E-state index in [1.807, 2.05) is 0 Å². The first kappa shape index (κ1) is 22.1. The van der Waals surface area contributed by atoms with E-state index in [4.69, 9.17) is 0 Å². The summed E-state index contributed by atoms with van der Waals surface area (Å²) in [4.78, 5) is 0. The summed E-state index contributed by atoms with van der Waals surface area (Å²) in [6.45, 7) is 17.4. The molecule has 0 bridgehead atoms. The molecule has 0 aromatic rings. The van der Waals surface area contributed by atoms with E-state index >= 15 is 0 Å². The van der Waals surface area contributed by atoms with Gasteiger partial charge in [-0.3, -0.25) is 0 Å². The molecule has 4 aliphatic rings. The summed E-state index contributed by atoms with van der Waals surface area (Å²) in [7, 11) is 0. The van der Waals surface area contributed by atoms with Crippen molar-refractivity contribution in [2.45, 2.75) is 130 Å². The van der Waals surface area contributed by atoms with E-state index in [0.717, 1.165) is 53.8 Å². The molecule has 0 radical (unpaired) electrons. The molecule has 2 nitrogen and oxygen atoms in total. The lowest BCUT2D eigenvalue weighted by Gasteiger charge is -2.34. The first-order valence-corrected chi connectivity index (χ1v) is 13.0. The second kappa shape index (κ2) is 8.12. The molecule has 9 atom stereocenters. The van der Waals surface area contributed by atoms with Gasteiger partial charge < -0.3 is 10.6 Å². The van der Waals surface area contributed by atoms with Crippen LogP contribution in [0.2, 0.25) is 0 Å². The largest absolute Gasteiger partial charge is 0.311 e. The molecule has 2 saturated heterocycles. The fourth-order valence-electron chi connectivity index (χ4n) is 8.30. The van der Waals surface area contributed by atoms with Gasteiger partial charge >= 0.3 is 0 Å². The van der Waals surface area contributed by atoms with Crippen LogP contribution in [0.25, 0.3) is 0 Å². The van der Waals surface area contributed by atoms with Gasteiger partial charge in [-0.1, -0.05) is 54.4 Å². The zero-order chi connectivity index (χ0) is 21.0. The van der Waals surface area contributed by atoms with Crippen LogP contribution in [-0.4, -0.2) is 24.2 Å². The molecule has 9 unspecified atom stereocenters. The van der Waals surface area contributed by atoms with Gasteiger partial charge in [0.2, 0.25) is 0 Å². The lowest BCUT2D eigenvalue weighted by molar-refractivity contribution is 0.195. The molecule has 0 spiro atoms. The number of hydrogen-bond acceptors (Lipinski definition) is 2. The average molecular weight is 403 g/mol. The van der Waals surface area contributed by atoms with Crippen LogP contribution >= 0.6 is 0 Å². The van der Waals surface area contributed by atoms with Gasteiger partial charge in [0.15, 0.2) is 0 Å². The Morgan fingerprint density at radius 1 is 0.724 bits per heavy atom. The maximum absolute atomic E-state index is 4.09. The Balaban J connectivity index is 1.33. The minimum absolute atomic E-state index is 0.435. The maximum Gasteiger partial charge on any atom is 0.0106 e. The summed E-state index contributed by atoms with van der Waals surface area (Å²) in [5, 5.41) is 8.07. The van der Waals surface area contributed by atoms with Gasteiger partial charge in [-0.15, -0.1) is 0 Å². The van der Waals surface area contributed by atoms with Gasteiger partial charge in [-0.2, -0.15) is 0 Å². The normalized spacial score (nSPS) is 45.4. The van der Waals surface area contributed by atoms with E-state index in [2.05, 4.69) is 59.1 Å². The van der Waals surface area contributed by atoms with Crippen LogP contribution in [0, 0.1) is 40.4 Å². The van der Waals surface area contributed by atoms with Crippen molar-refractivity contribution in [2.75, 3.05) is 0 Å². The third-order valence-corrected chi connectivity index (χ3v) is 9.40. The Bertz CT molecular complexity index is 561. The van der Waals surface area contributed by atoms with Gasteiger partial charge in [0, 0.05) is 24.2 Å². The summed E-state index contributed by atoms with van der Waals surface area (Å²) < 4.78 is 0. The van der Waals surface area contributed by atoms with E-state index in [1.54, 1.807) is 0 Å². The smallest absolute Gasteiger partial charge is 0.0106 e. The molecule has 0 amide bonds. The SMILES string of the molecule is CC1NC(CC(C)(C)C)C2CC(CC(C)(C)CC3NC4CCCCC4C3C)CC12. The molecule has 0 aromatic carbocycles. The van der Waals surface area contributed by atoms with Crippen LogP contribution < -0.4 is 10.6 Å². The number of fused-ring (bicyclic) bond motifs is 2. The molecule has 2 heteroatoms. The zero-order valence-corrected chi connectivity index (χ0v) is 20.6. The van der Waals surface area contributed by atoms with Gasteiger partial charge in [-0.05, 0) is 92.3 Å². The summed E-state index contributed by atoms with van der Waals surface area (Å²) in [5.74, 6) is 4.64. The standard InChI is InChI=1S/C27H50N2/c1-17-20-10-8-9-11-23(20)29-24(17)16-27(6,7)14-19-12-21-18(2)28-25(22(21)13-19)15-26(3,4)5/h17-25,28-29H,8-16H2,1-7H3. The monoisotopic (exact) mass is 402 g/mol. The molecule has 2 heterocycles. The van der Waals surface area contributed by atoms with Crippen LogP contribution in [0.5, 0.6) is 0 Å². The predicted molar refractivity (Wildman–Crippen MR) is 125 cm³/mol. The highest BCUT2D eigenvalue weighted by Gasteiger charge is 2.49. The summed E-state index contributed by atoms with van der Waals surface area (Å²) in [6.07, 6.45) is 12.9. The molecule has 4 fully saturated rings. The highest BCUT2D eigenvalue weighted by atomic mass is 15.0. The number of rotatable bonds is 5. The average Bonchev–Trinajstić information content (AvgIpc) is 3.22. The van der Waals surface area contributed by atoms with E-state index in [1.165, 1.54) is 57.8 Å². The first-order chi connectivity index (χ1) is 13.5. The van der Waals surface area contributed by atoms with Crippen LogP contribution in [0.3, 0.4) is 0 Å². The Kier molecular flexibility index (Phi) is 6.19. The van der Waals surface area contributed by atoms with Gasteiger partial charge in [0.25, 0.3) is 0 Å². The molecule has 0 aromatic heterocycles. The highest BCUT2D eigenvalue weighted by Crippen LogP contribution is 2.51. The quantitative estimate of drug-likeness (QED) is 0.556. The Hall–Kier alpha value is -0.0800. The molecular formula is C27H50N2. The highest BCUT2D eigenvalue weighted by molar-refractivity contribution is 5.04. The fraction of sp³-hybridized carbons (Fsp3) is 1.00. The van der Waals surface area contributed by atoms with E-state index in [0.29, 0.717) is 10.8 Å². The van der Waals surface area contributed by atoms with Crippen LogP contribution in [0.4, 0.5) is 0 Å². The van der Waals surface area contributed by atoms with Gasteiger partial charge in [-0.25, -0.2) is 0 Å². The lowest BCUT2D eigenvalue weighted by Crippen LogP contribution is -2.37. The molecule has 168 valence electrons. The summed E-state index contributed by atoms with van der Waals surface area (Å²) >= 11 is 0. The van der Waals surface area contributed by atoms with Crippen molar-refractivity contribution in [1.82, 2.24) is 10.6 Å². The Labute approximate surface area is 181 Å². The topological polar surface area (TPSA) is 24.1 Å². The molecule has 2 aliphatic carbocycles. The van der Waals surface area contributed by atoms with Crippen LogP contribution in [0.15, 0.2) is 0 Å². The Morgan fingerprint density at radius 3 is 2.10 bits per heavy atom. The van der Waals surface area contributed by atoms with Gasteiger partial charge in [0.05, 0.1) is 0 Å². The molecular weight excluding hydrogens is 352 g/mol. The van der Waals surface area contributed by atoms with Crippen molar-refractivity contribution in [1.29, 1.82) is 0 Å². The van der Waals surface area contributed by atoms with Crippen molar-refractivity contribution in [3.63, 3.8) is 0 Å². The van der Waals surface area contributed by atoms with E-state index in [9.17, 15) is 0 Å². The van der Waals surface area contributed by atoms with E-state index in [-0.39, 0.29) is 0 Å². The number of hydrogen-bond donors (Lipinski definition) is 2. The predicted octanol–water partition coefficient (Wildman–Crippen LogP) is 6.40. The molecule has 2 saturated carbocycles. The van der Waals surface area contributed by atoms with Crippen molar-refractivity contribution < 1.29 is 0 Å². The second-order valence-corrected chi connectivity index (χ2v) is 13.8. The van der Waals surface area contributed by atoms with E-state index < -0.39 is 0 Å². The number of nitrogens with one attached hydrogen (secondary N) is 2. The van der Waals surface area contributed by atoms with Crippen LogP contribution in [0.1, 0.15) is 106 Å². The third kappa shape index (κ3) is 4.89. The minimum atomic E-state index is 0.435.